The molecule has 0 radical (unpaired) electrons. The number of pyridine rings is 1. The van der Waals surface area contributed by atoms with E-state index in [1.165, 1.54) is 0 Å². The zero-order valence-electron chi connectivity index (χ0n) is 19.7. The Balaban J connectivity index is 2.03. The first kappa shape index (κ1) is 23.5. The second kappa shape index (κ2) is 11.5. The Morgan fingerprint density at radius 1 is 0.750 bits per heavy atom. The van der Waals surface area contributed by atoms with E-state index in [4.69, 9.17) is 23.7 Å². The SMILES string of the molecule is CCCCOc1c(OCC)ccc2c(Cc3cc(OC)c(OCC)c(OC)c3)cncc12. The molecular weight excluding hydrogens is 406 g/mol. The van der Waals surface area contributed by atoms with E-state index in [1.54, 1.807) is 14.2 Å². The molecule has 0 unspecified atom stereocenters. The number of hydrogen-bond acceptors (Lipinski definition) is 6. The third kappa shape index (κ3) is 5.18. The quantitative estimate of drug-likeness (QED) is 0.332. The highest BCUT2D eigenvalue weighted by atomic mass is 16.5. The lowest BCUT2D eigenvalue weighted by molar-refractivity contribution is 0.276. The second-order valence-electron chi connectivity index (χ2n) is 7.36. The van der Waals surface area contributed by atoms with Crippen molar-refractivity contribution in [2.24, 2.45) is 0 Å². The molecule has 0 aliphatic heterocycles. The monoisotopic (exact) mass is 439 g/mol. The van der Waals surface area contributed by atoms with E-state index < -0.39 is 0 Å². The van der Waals surface area contributed by atoms with Crippen molar-refractivity contribution in [3.63, 3.8) is 0 Å². The van der Waals surface area contributed by atoms with E-state index in [0.717, 1.165) is 46.2 Å². The Hall–Kier alpha value is -3.15. The molecule has 172 valence electrons. The summed E-state index contributed by atoms with van der Waals surface area (Å²) >= 11 is 0. The maximum atomic E-state index is 6.14. The maximum absolute atomic E-state index is 6.14. The Labute approximate surface area is 190 Å². The van der Waals surface area contributed by atoms with Gasteiger partial charge in [0.05, 0.1) is 34.0 Å². The number of aromatic nitrogens is 1. The van der Waals surface area contributed by atoms with Crippen LogP contribution in [0.1, 0.15) is 44.7 Å². The topological polar surface area (TPSA) is 59.0 Å². The zero-order valence-corrected chi connectivity index (χ0v) is 19.7. The third-order valence-corrected chi connectivity index (χ3v) is 5.19. The number of unbranched alkanes of at least 4 members (excludes halogenated alkanes) is 1. The number of ether oxygens (including phenoxy) is 5. The van der Waals surface area contributed by atoms with E-state index >= 15 is 0 Å². The van der Waals surface area contributed by atoms with Gasteiger partial charge in [0.25, 0.3) is 0 Å². The highest BCUT2D eigenvalue weighted by Crippen LogP contribution is 2.41. The van der Waals surface area contributed by atoms with Crippen molar-refractivity contribution in [3.8, 4) is 28.7 Å². The molecule has 3 rings (SSSR count). The van der Waals surface area contributed by atoms with Gasteiger partial charge in [0, 0.05) is 17.8 Å². The molecule has 0 atom stereocenters. The summed E-state index contributed by atoms with van der Waals surface area (Å²) in [6, 6.07) is 8.03. The smallest absolute Gasteiger partial charge is 0.203 e. The van der Waals surface area contributed by atoms with Gasteiger partial charge >= 0.3 is 0 Å². The molecule has 0 spiro atoms. The Morgan fingerprint density at radius 2 is 1.47 bits per heavy atom. The van der Waals surface area contributed by atoms with E-state index in [2.05, 4.69) is 18.0 Å². The Morgan fingerprint density at radius 3 is 2.09 bits per heavy atom. The summed E-state index contributed by atoms with van der Waals surface area (Å²) in [7, 11) is 3.27. The molecule has 1 aromatic heterocycles. The number of rotatable bonds is 12. The molecule has 0 amide bonds. The van der Waals surface area contributed by atoms with Crippen molar-refractivity contribution in [2.45, 2.75) is 40.0 Å². The Kier molecular flexibility index (Phi) is 8.42. The average Bonchev–Trinajstić information content (AvgIpc) is 2.81. The van der Waals surface area contributed by atoms with Gasteiger partial charge in [-0.1, -0.05) is 19.4 Å². The highest BCUT2D eigenvalue weighted by molar-refractivity contribution is 5.92. The average molecular weight is 440 g/mol. The first-order chi connectivity index (χ1) is 15.7. The first-order valence-corrected chi connectivity index (χ1v) is 11.2. The predicted molar refractivity (Wildman–Crippen MR) is 127 cm³/mol. The molecule has 0 saturated heterocycles. The molecule has 3 aromatic rings. The molecule has 6 nitrogen and oxygen atoms in total. The third-order valence-electron chi connectivity index (χ3n) is 5.19. The summed E-state index contributed by atoms with van der Waals surface area (Å²) in [6.07, 6.45) is 6.46. The molecule has 6 heteroatoms. The van der Waals surface area contributed by atoms with Gasteiger partial charge in [-0.3, -0.25) is 4.98 Å². The van der Waals surface area contributed by atoms with Crippen molar-refractivity contribution < 1.29 is 23.7 Å². The number of nitrogens with zero attached hydrogens (tertiary/aromatic N) is 1. The molecule has 0 saturated carbocycles. The zero-order chi connectivity index (χ0) is 22.9. The van der Waals surface area contributed by atoms with Crippen LogP contribution in [-0.2, 0) is 6.42 Å². The van der Waals surface area contributed by atoms with Gasteiger partial charge < -0.3 is 23.7 Å². The summed E-state index contributed by atoms with van der Waals surface area (Å²) in [5, 5.41) is 2.04. The minimum Gasteiger partial charge on any atom is -0.493 e. The molecule has 32 heavy (non-hydrogen) atoms. The fraction of sp³-hybridized carbons (Fsp3) is 0.423. The summed E-state index contributed by atoms with van der Waals surface area (Å²) in [6.45, 7) is 7.81. The van der Waals surface area contributed by atoms with Gasteiger partial charge in [0.15, 0.2) is 23.0 Å². The molecule has 0 aliphatic carbocycles. The molecular formula is C26H33NO5. The number of fused-ring (bicyclic) bond motifs is 1. The molecule has 0 bridgehead atoms. The first-order valence-electron chi connectivity index (χ1n) is 11.2. The van der Waals surface area contributed by atoms with Crippen molar-refractivity contribution in [2.75, 3.05) is 34.0 Å². The molecule has 0 aliphatic rings. The fourth-order valence-electron chi connectivity index (χ4n) is 3.68. The molecule has 0 fully saturated rings. The van der Waals surface area contributed by atoms with Crippen LogP contribution in [-0.4, -0.2) is 39.0 Å². The molecule has 2 aromatic carbocycles. The van der Waals surface area contributed by atoms with E-state index in [-0.39, 0.29) is 0 Å². The lowest BCUT2D eigenvalue weighted by Gasteiger charge is -2.17. The number of methoxy groups -OCH3 is 2. The normalized spacial score (nSPS) is 10.8. The predicted octanol–water partition coefficient (Wildman–Crippen LogP) is 5.82. The lowest BCUT2D eigenvalue weighted by atomic mass is 9.99. The number of hydrogen-bond donors (Lipinski definition) is 0. The standard InChI is InChI=1S/C26H33NO5/c1-6-9-12-32-25-21-17-27-16-19(20(21)10-11-22(25)30-7-2)13-18-14-23(28-4)26(31-8-3)24(15-18)29-5/h10-11,14-17H,6-9,12-13H2,1-5H3. The van der Waals surface area contributed by atoms with Crippen LogP contribution < -0.4 is 23.7 Å². The summed E-state index contributed by atoms with van der Waals surface area (Å²) < 4.78 is 28.8. The highest BCUT2D eigenvalue weighted by Gasteiger charge is 2.17. The van der Waals surface area contributed by atoms with Gasteiger partial charge in [-0.05, 0) is 61.4 Å². The number of benzene rings is 2. The molecule has 1 heterocycles. The van der Waals surface area contributed by atoms with Crippen LogP contribution in [0.5, 0.6) is 28.7 Å². The maximum Gasteiger partial charge on any atom is 0.203 e. The van der Waals surface area contributed by atoms with Crippen LogP contribution >= 0.6 is 0 Å². The van der Waals surface area contributed by atoms with Gasteiger partial charge in [0.1, 0.15) is 0 Å². The fourth-order valence-corrected chi connectivity index (χ4v) is 3.68. The van der Waals surface area contributed by atoms with E-state index in [0.29, 0.717) is 43.5 Å². The van der Waals surface area contributed by atoms with Crippen LogP contribution in [0.25, 0.3) is 10.8 Å². The molecule has 0 N–H and O–H groups in total. The summed E-state index contributed by atoms with van der Waals surface area (Å²) in [5.41, 5.74) is 2.12. The van der Waals surface area contributed by atoms with E-state index in [1.807, 2.05) is 44.4 Å². The van der Waals surface area contributed by atoms with Gasteiger partial charge in [-0.2, -0.15) is 0 Å². The summed E-state index contributed by atoms with van der Waals surface area (Å²) in [4.78, 5) is 4.51. The van der Waals surface area contributed by atoms with Crippen molar-refractivity contribution in [3.05, 3.63) is 47.8 Å². The van der Waals surface area contributed by atoms with Gasteiger partial charge in [-0.25, -0.2) is 0 Å². The minimum atomic E-state index is 0.530. The van der Waals surface area contributed by atoms with Crippen molar-refractivity contribution >= 4 is 10.8 Å². The van der Waals surface area contributed by atoms with E-state index in [9.17, 15) is 0 Å². The van der Waals surface area contributed by atoms with Crippen LogP contribution in [0.4, 0.5) is 0 Å². The lowest BCUT2D eigenvalue weighted by Crippen LogP contribution is -2.03. The van der Waals surface area contributed by atoms with Crippen molar-refractivity contribution in [1.82, 2.24) is 4.98 Å². The van der Waals surface area contributed by atoms with Crippen molar-refractivity contribution in [1.29, 1.82) is 0 Å². The minimum absolute atomic E-state index is 0.530. The Bertz CT molecular complexity index is 1010. The van der Waals surface area contributed by atoms with Gasteiger partial charge in [-0.15, -0.1) is 0 Å². The second-order valence-corrected chi connectivity index (χ2v) is 7.36. The van der Waals surface area contributed by atoms with Crippen LogP contribution in [0, 0.1) is 0 Å². The van der Waals surface area contributed by atoms with Crippen LogP contribution in [0.15, 0.2) is 36.7 Å². The largest absolute Gasteiger partial charge is 0.493 e. The van der Waals surface area contributed by atoms with Crippen LogP contribution in [0.3, 0.4) is 0 Å². The van der Waals surface area contributed by atoms with Gasteiger partial charge in [0.2, 0.25) is 5.75 Å². The summed E-state index contributed by atoms with van der Waals surface area (Å²) in [5.74, 6) is 3.42. The van der Waals surface area contributed by atoms with Crippen LogP contribution in [0.2, 0.25) is 0 Å².